The Labute approximate surface area is 232 Å². The van der Waals surface area contributed by atoms with Gasteiger partial charge in [-0.05, 0) is 68.2 Å². The first-order valence-electron chi connectivity index (χ1n) is 15.1. The van der Waals surface area contributed by atoms with Gasteiger partial charge in [0, 0.05) is 17.8 Å². The molecule has 4 fully saturated rings. The van der Waals surface area contributed by atoms with E-state index in [1.165, 1.54) is 6.42 Å². The van der Waals surface area contributed by atoms with Crippen molar-refractivity contribution in [2.45, 2.75) is 109 Å². The number of nitrogens with zero attached hydrogens (tertiary/aromatic N) is 1. The van der Waals surface area contributed by atoms with Crippen LogP contribution in [0.2, 0.25) is 0 Å². The number of fused-ring (bicyclic) bond motifs is 1. The van der Waals surface area contributed by atoms with E-state index in [1.807, 2.05) is 49.1 Å². The van der Waals surface area contributed by atoms with Crippen molar-refractivity contribution in [1.29, 1.82) is 0 Å². The third-order valence-electron chi connectivity index (χ3n) is 10.6. The average Bonchev–Trinajstić information content (AvgIpc) is 3.56. The van der Waals surface area contributed by atoms with Crippen molar-refractivity contribution >= 4 is 23.4 Å². The highest BCUT2D eigenvalue weighted by Crippen LogP contribution is 2.56. The molecule has 1 aromatic rings. The summed E-state index contributed by atoms with van der Waals surface area (Å²) in [6, 6.07) is 5.19. The fourth-order valence-electron chi connectivity index (χ4n) is 8.05. The smallest absolute Gasteiger partial charge is 0.246 e. The van der Waals surface area contributed by atoms with Gasteiger partial charge in [-0.15, -0.1) is 0 Å². The van der Waals surface area contributed by atoms with Gasteiger partial charge >= 0.3 is 0 Å². The Hall–Kier alpha value is -2.67. The first-order chi connectivity index (χ1) is 18.7. The minimum absolute atomic E-state index is 0.00388. The summed E-state index contributed by atoms with van der Waals surface area (Å²) in [6.07, 6.45) is 11.6. The van der Waals surface area contributed by atoms with E-state index in [2.05, 4.69) is 24.5 Å². The molecule has 0 aromatic heterocycles. The molecule has 3 heterocycles. The fraction of sp³-hybridized carbons (Fsp3) is 0.656. The highest BCUT2D eigenvalue weighted by molar-refractivity contribution is 6.03. The van der Waals surface area contributed by atoms with Crippen molar-refractivity contribution in [3.63, 3.8) is 0 Å². The van der Waals surface area contributed by atoms with E-state index in [-0.39, 0.29) is 29.8 Å². The number of benzene rings is 1. The van der Waals surface area contributed by atoms with Crippen molar-refractivity contribution in [3.8, 4) is 0 Å². The Bertz CT molecular complexity index is 1190. The van der Waals surface area contributed by atoms with Crippen LogP contribution in [0.1, 0.15) is 76.3 Å². The van der Waals surface area contributed by atoms with E-state index in [4.69, 9.17) is 4.74 Å². The number of ether oxygens (including phenoxy) is 1. The zero-order valence-corrected chi connectivity index (χ0v) is 23.7. The quantitative estimate of drug-likeness (QED) is 0.539. The normalized spacial score (nSPS) is 37.7. The molecule has 7 nitrogen and oxygen atoms in total. The summed E-state index contributed by atoms with van der Waals surface area (Å²) in [4.78, 5) is 44.1. The topological polar surface area (TPSA) is 87.7 Å². The zero-order chi connectivity index (χ0) is 27.5. The average molecular weight is 534 g/mol. The maximum absolute atomic E-state index is 14.3. The number of rotatable bonds is 5. The van der Waals surface area contributed by atoms with Crippen LogP contribution in [0.25, 0.3) is 0 Å². The van der Waals surface area contributed by atoms with Gasteiger partial charge in [0.05, 0.1) is 17.9 Å². The van der Waals surface area contributed by atoms with Gasteiger partial charge in [-0.3, -0.25) is 14.4 Å². The Morgan fingerprint density at radius 3 is 2.49 bits per heavy atom. The van der Waals surface area contributed by atoms with Gasteiger partial charge in [-0.25, -0.2) is 0 Å². The van der Waals surface area contributed by atoms with Gasteiger partial charge in [0.15, 0.2) is 0 Å². The summed E-state index contributed by atoms with van der Waals surface area (Å²) in [5.41, 5.74) is 1.87. The highest BCUT2D eigenvalue weighted by Gasteiger charge is 2.73. The van der Waals surface area contributed by atoms with Crippen LogP contribution in [0.3, 0.4) is 0 Å². The number of carbonyl (C=O) groups is 3. The number of nitrogens with one attached hydrogen (secondary N) is 2. The SMILES string of the molecule is Cc1ccc(NC(=O)C2[C@@H]3C=CC4(O3)C(C(=O)NC3CCCC(C)C3C)N(C3CCCCC3)C(=O)[C@H]24)cc1C. The molecule has 6 unspecified atom stereocenters. The van der Waals surface area contributed by atoms with Crippen molar-refractivity contribution in [1.82, 2.24) is 10.2 Å². The third kappa shape index (κ3) is 4.32. The molecule has 2 saturated carbocycles. The molecular weight excluding hydrogens is 490 g/mol. The lowest BCUT2D eigenvalue weighted by Crippen LogP contribution is -2.59. The van der Waals surface area contributed by atoms with Gasteiger partial charge in [-0.1, -0.05) is 64.2 Å². The summed E-state index contributed by atoms with van der Waals surface area (Å²) >= 11 is 0. The van der Waals surface area contributed by atoms with Crippen LogP contribution < -0.4 is 10.6 Å². The van der Waals surface area contributed by atoms with Crippen molar-refractivity contribution in [2.75, 3.05) is 5.32 Å². The highest BCUT2D eigenvalue weighted by atomic mass is 16.5. The molecule has 8 atom stereocenters. The summed E-state index contributed by atoms with van der Waals surface area (Å²) in [5, 5.41) is 6.43. The summed E-state index contributed by atoms with van der Waals surface area (Å²) < 4.78 is 6.57. The second-order valence-electron chi connectivity index (χ2n) is 12.9. The number of aryl methyl sites for hydroxylation is 2. The Morgan fingerprint density at radius 1 is 0.974 bits per heavy atom. The molecule has 7 heteroatoms. The molecule has 6 rings (SSSR count). The number of likely N-dealkylation sites (tertiary alicyclic amines) is 1. The minimum atomic E-state index is -1.10. The Kier molecular flexibility index (Phi) is 6.85. The van der Waals surface area contributed by atoms with Crippen LogP contribution in [0, 0.1) is 37.5 Å². The lowest BCUT2D eigenvalue weighted by atomic mass is 9.73. The molecule has 3 amide bonds. The van der Waals surface area contributed by atoms with Gasteiger partial charge in [0.25, 0.3) is 0 Å². The van der Waals surface area contributed by atoms with E-state index >= 15 is 0 Å². The molecule has 2 N–H and O–H groups in total. The number of hydrogen-bond donors (Lipinski definition) is 2. The van der Waals surface area contributed by atoms with Crippen LogP contribution in [0.5, 0.6) is 0 Å². The maximum Gasteiger partial charge on any atom is 0.246 e. The van der Waals surface area contributed by atoms with Crippen LogP contribution in [-0.4, -0.2) is 52.5 Å². The maximum atomic E-state index is 14.3. The predicted molar refractivity (Wildman–Crippen MR) is 150 cm³/mol. The molecule has 39 heavy (non-hydrogen) atoms. The van der Waals surface area contributed by atoms with Crippen molar-refractivity contribution < 1.29 is 19.1 Å². The monoisotopic (exact) mass is 533 g/mol. The molecule has 2 saturated heterocycles. The minimum Gasteiger partial charge on any atom is -0.359 e. The van der Waals surface area contributed by atoms with Crippen LogP contribution in [-0.2, 0) is 19.1 Å². The van der Waals surface area contributed by atoms with Gasteiger partial charge in [0.1, 0.15) is 11.6 Å². The first-order valence-corrected chi connectivity index (χ1v) is 15.1. The van der Waals surface area contributed by atoms with Gasteiger partial charge in [-0.2, -0.15) is 0 Å². The molecule has 0 radical (unpaired) electrons. The third-order valence-corrected chi connectivity index (χ3v) is 10.6. The zero-order valence-electron chi connectivity index (χ0n) is 23.7. The first kappa shape index (κ1) is 26.5. The van der Waals surface area contributed by atoms with Crippen molar-refractivity contribution in [3.05, 3.63) is 41.5 Å². The number of hydrogen-bond acceptors (Lipinski definition) is 4. The fourth-order valence-corrected chi connectivity index (χ4v) is 8.05. The second kappa shape index (κ2) is 10.1. The summed E-state index contributed by atoms with van der Waals surface area (Å²) in [6.45, 7) is 8.53. The van der Waals surface area contributed by atoms with Crippen LogP contribution in [0.15, 0.2) is 30.4 Å². The summed E-state index contributed by atoms with van der Waals surface area (Å²) in [5.74, 6) is -0.869. The van der Waals surface area contributed by atoms with E-state index in [1.54, 1.807) is 0 Å². The standard InChI is InChI=1S/C32H43N3O4/c1-18-13-14-22(17-20(18)3)33-29(36)26-25-15-16-32(39-25)27(26)31(38)35(23-10-6-5-7-11-23)28(32)30(37)34-24-12-8-9-19(2)21(24)4/h13-17,19,21,23-28H,5-12H2,1-4H3,(H,33,36)(H,34,37)/t19?,21?,24?,25-,26?,27-,28?,32?/m0/s1. The molecule has 2 aliphatic carbocycles. The molecule has 1 spiro atoms. The van der Waals surface area contributed by atoms with Gasteiger partial charge < -0.3 is 20.3 Å². The lowest BCUT2D eigenvalue weighted by Gasteiger charge is -2.40. The van der Waals surface area contributed by atoms with E-state index < -0.39 is 29.6 Å². The van der Waals surface area contributed by atoms with E-state index in [0.29, 0.717) is 17.5 Å². The van der Waals surface area contributed by atoms with Gasteiger partial charge in [0.2, 0.25) is 17.7 Å². The van der Waals surface area contributed by atoms with E-state index in [9.17, 15) is 14.4 Å². The molecule has 1 aromatic carbocycles. The molecule has 3 aliphatic heterocycles. The van der Waals surface area contributed by atoms with Crippen LogP contribution >= 0.6 is 0 Å². The number of amides is 3. The summed E-state index contributed by atoms with van der Waals surface area (Å²) in [7, 11) is 0. The van der Waals surface area contributed by atoms with E-state index in [0.717, 1.165) is 56.1 Å². The molecular formula is C32H43N3O4. The molecule has 5 aliphatic rings. The largest absolute Gasteiger partial charge is 0.359 e. The molecule has 210 valence electrons. The Balaban J connectivity index is 1.31. The van der Waals surface area contributed by atoms with Crippen LogP contribution in [0.4, 0.5) is 5.69 Å². The second-order valence-corrected chi connectivity index (χ2v) is 12.9. The van der Waals surface area contributed by atoms with Crippen molar-refractivity contribution in [2.24, 2.45) is 23.7 Å². The molecule has 2 bridgehead atoms. The predicted octanol–water partition coefficient (Wildman–Crippen LogP) is 4.67. The number of anilines is 1. The number of carbonyl (C=O) groups excluding carboxylic acids is 3. The Morgan fingerprint density at radius 2 is 1.74 bits per heavy atom. The lowest BCUT2D eigenvalue weighted by molar-refractivity contribution is -0.145.